The van der Waals surface area contributed by atoms with Gasteiger partial charge in [-0.05, 0) is 26.0 Å². The largest absolute Gasteiger partial charge is 0.459 e. The molecule has 108 valence electrons. The molecule has 0 fully saturated rings. The van der Waals surface area contributed by atoms with Gasteiger partial charge in [0.1, 0.15) is 16.6 Å². The summed E-state index contributed by atoms with van der Waals surface area (Å²) >= 11 is 0. The van der Waals surface area contributed by atoms with Gasteiger partial charge in [0.25, 0.3) is 0 Å². The van der Waals surface area contributed by atoms with Gasteiger partial charge < -0.3 is 9.73 Å². The molecule has 0 saturated carbocycles. The summed E-state index contributed by atoms with van der Waals surface area (Å²) in [4.78, 5) is 11.9. The average Bonchev–Trinajstić information content (AvgIpc) is 2.80. The number of nitrogens with one attached hydrogen (secondary N) is 1. The van der Waals surface area contributed by atoms with Crippen molar-refractivity contribution in [1.29, 1.82) is 0 Å². The van der Waals surface area contributed by atoms with Crippen LogP contribution in [0.2, 0.25) is 0 Å². The summed E-state index contributed by atoms with van der Waals surface area (Å²) in [6.45, 7) is 3.13. The predicted molar refractivity (Wildman–Crippen MR) is 77.1 cm³/mol. The van der Waals surface area contributed by atoms with E-state index in [1.807, 2.05) is 30.3 Å². The van der Waals surface area contributed by atoms with E-state index in [9.17, 15) is 13.2 Å². The Bertz CT molecular complexity index is 699. The molecule has 2 aromatic rings. The topological polar surface area (TPSA) is 76.4 Å². The molecule has 5 nitrogen and oxygen atoms in total. The summed E-state index contributed by atoms with van der Waals surface area (Å²) in [6, 6.07) is 8.97. The van der Waals surface area contributed by atoms with Gasteiger partial charge in [-0.3, -0.25) is 4.79 Å². The summed E-state index contributed by atoms with van der Waals surface area (Å²) in [5, 5.41) is 2.52. The van der Waals surface area contributed by atoms with E-state index in [0.717, 1.165) is 17.2 Å². The first kappa shape index (κ1) is 14.6. The minimum Gasteiger partial charge on any atom is -0.459 e. The summed E-state index contributed by atoms with van der Waals surface area (Å²) in [5.74, 6) is 0.0701. The van der Waals surface area contributed by atoms with Crippen LogP contribution in [-0.4, -0.2) is 25.8 Å². The number of hydrogen-bond acceptors (Lipinski definition) is 4. The first-order valence-electron chi connectivity index (χ1n) is 6.27. The maximum atomic E-state index is 11.9. The first-order chi connectivity index (χ1) is 9.29. The van der Waals surface area contributed by atoms with Gasteiger partial charge in [0.05, 0.1) is 6.04 Å². The van der Waals surface area contributed by atoms with Crippen LogP contribution < -0.4 is 5.32 Å². The van der Waals surface area contributed by atoms with Crippen molar-refractivity contribution in [2.45, 2.75) is 25.1 Å². The number of carbonyl (C=O) groups is 1. The van der Waals surface area contributed by atoms with E-state index >= 15 is 0 Å². The van der Waals surface area contributed by atoms with Gasteiger partial charge in [-0.1, -0.05) is 18.2 Å². The summed E-state index contributed by atoms with van der Waals surface area (Å²) < 4.78 is 28.3. The molecule has 1 amide bonds. The second-order valence-corrected chi connectivity index (χ2v) is 7.25. The van der Waals surface area contributed by atoms with E-state index in [-0.39, 0.29) is 6.04 Å². The Balaban J connectivity index is 2.16. The molecule has 0 radical (unpaired) electrons. The van der Waals surface area contributed by atoms with E-state index in [0.29, 0.717) is 5.76 Å². The molecule has 1 N–H and O–H groups in total. The number of para-hydroxylation sites is 1. The second-order valence-electron chi connectivity index (χ2n) is 4.89. The van der Waals surface area contributed by atoms with Gasteiger partial charge in [0.2, 0.25) is 5.91 Å². The van der Waals surface area contributed by atoms with Gasteiger partial charge in [-0.2, -0.15) is 0 Å². The summed E-state index contributed by atoms with van der Waals surface area (Å²) in [5.41, 5.74) is 0.736. The van der Waals surface area contributed by atoms with E-state index in [1.54, 1.807) is 6.92 Å². The van der Waals surface area contributed by atoms with Crippen LogP contribution in [0.25, 0.3) is 11.0 Å². The molecule has 1 aromatic carbocycles. The van der Waals surface area contributed by atoms with Crippen molar-refractivity contribution in [3.05, 3.63) is 36.1 Å². The minimum atomic E-state index is -3.40. The molecule has 2 rings (SSSR count). The molecule has 0 aliphatic heterocycles. The number of sulfone groups is 1. The van der Waals surface area contributed by atoms with E-state index < -0.39 is 21.0 Å². The Morgan fingerprint density at radius 1 is 1.25 bits per heavy atom. The van der Waals surface area contributed by atoms with Crippen molar-refractivity contribution < 1.29 is 17.6 Å². The molecule has 2 atom stereocenters. The number of carbonyl (C=O) groups excluding carboxylic acids is 1. The van der Waals surface area contributed by atoms with Crippen molar-refractivity contribution in [3.63, 3.8) is 0 Å². The summed E-state index contributed by atoms with van der Waals surface area (Å²) in [6.07, 6.45) is 1.04. The molecule has 1 aromatic heterocycles. The third-order valence-corrected chi connectivity index (χ3v) is 4.74. The Kier molecular flexibility index (Phi) is 3.85. The van der Waals surface area contributed by atoms with Crippen LogP contribution in [0.4, 0.5) is 0 Å². The number of fused-ring (bicyclic) bond motifs is 1. The molecule has 0 unspecified atom stereocenters. The SMILES string of the molecule is C[C@H](C(=O)N[C@H](C)c1cc2ccccc2o1)S(C)(=O)=O. The normalized spacial score (nSPS) is 14.9. The number of rotatable bonds is 4. The first-order valence-corrected chi connectivity index (χ1v) is 8.22. The lowest BCUT2D eigenvalue weighted by molar-refractivity contribution is -0.121. The molecule has 0 bridgehead atoms. The van der Waals surface area contributed by atoms with E-state index in [2.05, 4.69) is 5.32 Å². The maximum Gasteiger partial charge on any atom is 0.238 e. The third kappa shape index (κ3) is 3.01. The monoisotopic (exact) mass is 295 g/mol. The van der Waals surface area contributed by atoms with Gasteiger partial charge in [0, 0.05) is 11.6 Å². The Hall–Kier alpha value is -1.82. The van der Waals surface area contributed by atoms with Gasteiger partial charge in [-0.15, -0.1) is 0 Å². The molecule has 20 heavy (non-hydrogen) atoms. The molecule has 0 saturated heterocycles. The fourth-order valence-corrected chi connectivity index (χ4v) is 2.27. The van der Waals surface area contributed by atoms with Gasteiger partial charge in [-0.25, -0.2) is 8.42 Å². The van der Waals surface area contributed by atoms with Crippen molar-refractivity contribution >= 4 is 26.7 Å². The highest BCUT2D eigenvalue weighted by molar-refractivity contribution is 7.92. The molecular formula is C14H17NO4S. The highest BCUT2D eigenvalue weighted by Gasteiger charge is 2.25. The average molecular weight is 295 g/mol. The lowest BCUT2D eigenvalue weighted by Gasteiger charge is -2.14. The molecule has 1 heterocycles. The zero-order valence-corrected chi connectivity index (χ0v) is 12.4. The molecule has 6 heteroatoms. The molecule has 0 aliphatic rings. The highest BCUT2D eigenvalue weighted by Crippen LogP contribution is 2.23. The number of benzene rings is 1. The fourth-order valence-electron chi connectivity index (χ4n) is 1.81. The molecular weight excluding hydrogens is 278 g/mol. The zero-order valence-electron chi connectivity index (χ0n) is 11.6. The number of hydrogen-bond donors (Lipinski definition) is 1. The standard InChI is InChI=1S/C14H17NO4S/c1-9(15-14(16)10(2)20(3,17)18)13-8-11-6-4-5-7-12(11)19-13/h4-10H,1-3H3,(H,15,16)/t9-,10-/m1/s1. The number of amides is 1. The summed E-state index contributed by atoms with van der Waals surface area (Å²) in [7, 11) is -3.40. The number of furan rings is 1. The van der Waals surface area contributed by atoms with Crippen LogP contribution in [0.1, 0.15) is 25.6 Å². The van der Waals surface area contributed by atoms with Crippen LogP contribution in [0.15, 0.2) is 34.7 Å². The van der Waals surface area contributed by atoms with Crippen LogP contribution in [0.3, 0.4) is 0 Å². The van der Waals surface area contributed by atoms with Crippen molar-refractivity contribution in [2.75, 3.05) is 6.26 Å². The fraction of sp³-hybridized carbons (Fsp3) is 0.357. The zero-order chi connectivity index (χ0) is 14.9. The molecule has 0 aliphatic carbocycles. The van der Waals surface area contributed by atoms with Crippen LogP contribution in [0, 0.1) is 0 Å². The lowest BCUT2D eigenvalue weighted by atomic mass is 10.2. The smallest absolute Gasteiger partial charge is 0.238 e. The van der Waals surface area contributed by atoms with Crippen molar-refractivity contribution in [2.24, 2.45) is 0 Å². The van der Waals surface area contributed by atoms with Crippen LogP contribution in [0.5, 0.6) is 0 Å². The van der Waals surface area contributed by atoms with Gasteiger partial charge in [0.15, 0.2) is 9.84 Å². The second kappa shape index (κ2) is 5.28. The third-order valence-electron chi connectivity index (χ3n) is 3.24. The van der Waals surface area contributed by atoms with E-state index in [4.69, 9.17) is 4.42 Å². The van der Waals surface area contributed by atoms with Crippen molar-refractivity contribution in [3.8, 4) is 0 Å². The minimum absolute atomic E-state index is 0.390. The quantitative estimate of drug-likeness (QED) is 0.936. The van der Waals surface area contributed by atoms with Crippen LogP contribution in [-0.2, 0) is 14.6 Å². The lowest BCUT2D eigenvalue weighted by Crippen LogP contribution is -2.38. The highest BCUT2D eigenvalue weighted by atomic mass is 32.2. The Morgan fingerprint density at radius 2 is 1.90 bits per heavy atom. The van der Waals surface area contributed by atoms with Crippen LogP contribution >= 0.6 is 0 Å². The van der Waals surface area contributed by atoms with Gasteiger partial charge >= 0.3 is 0 Å². The van der Waals surface area contributed by atoms with E-state index in [1.165, 1.54) is 6.92 Å². The maximum absolute atomic E-state index is 11.9. The Morgan fingerprint density at radius 3 is 2.50 bits per heavy atom. The molecule has 0 spiro atoms. The van der Waals surface area contributed by atoms with Crippen molar-refractivity contribution in [1.82, 2.24) is 5.32 Å². The predicted octanol–water partition coefficient (Wildman–Crippen LogP) is 2.04. The Labute approximate surface area is 117 Å².